The number of hydrogen-bond donors (Lipinski definition) is 0. The monoisotopic (exact) mass is 408 g/mol. The van der Waals surface area contributed by atoms with Crippen LogP contribution in [0, 0.1) is 11.3 Å². The summed E-state index contributed by atoms with van der Waals surface area (Å²) in [6, 6.07) is 15.5. The van der Waals surface area contributed by atoms with Crippen LogP contribution >= 0.6 is 0 Å². The maximum atomic E-state index is 12.2. The number of para-hydroxylation sites is 1. The molecule has 0 aliphatic rings. The Hall–Kier alpha value is -4.12. The van der Waals surface area contributed by atoms with Crippen molar-refractivity contribution in [1.82, 2.24) is 0 Å². The van der Waals surface area contributed by atoms with Gasteiger partial charge in [0.15, 0.2) is 0 Å². The number of hydrogen-bond acceptors (Lipinski definition) is 8. The molecule has 0 bridgehead atoms. The van der Waals surface area contributed by atoms with Gasteiger partial charge in [-0.1, -0.05) is 41.6 Å². The fourth-order valence-electron chi connectivity index (χ4n) is 2.52. The molecule has 0 aliphatic heterocycles. The first-order valence-corrected chi connectivity index (χ1v) is 8.79. The minimum atomic E-state index is -0.622. The van der Waals surface area contributed by atoms with E-state index in [0.717, 1.165) is 0 Å². The third-order valence-electron chi connectivity index (χ3n) is 3.83. The number of methoxy groups -OCH3 is 2. The van der Waals surface area contributed by atoms with E-state index in [-0.39, 0.29) is 17.9 Å². The maximum Gasteiger partial charge on any atom is 0.341 e. The van der Waals surface area contributed by atoms with Gasteiger partial charge in [0.05, 0.1) is 26.0 Å². The number of nitriles is 1. The minimum Gasteiger partial charge on any atom is -0.503 e. The number of ether oxygens (including phenoxy) is 3. The van der Waals surface area contributed by atoms with Crippen molar-refractivity contribution in [2.75, 3.05) is 20.8 Å². The van der Waals surface area contributed by atoms with E-state index in [9.17, 15) is 14.9 Å². The average molecular weight is 408 g/mol. The second-order valence-electron chi connectivity index (χ2n) is 5.82. The van der Waals surface area contributed by atoms with Gasteiger partial charge < -0.3 is 19.0 Å². The van der Waals surface area contributed by atoms with Gasteiger partial charge in [-0.15, -0.1) is 0 Å². The van der Waals surface area contributed by atoms with Crippen molar-refractivity contribution in [3.8, 4) is 11.8 Å². The number of nitrogens with zero attached hydrogens (tertiary/aromatic N) is 2. The molecule has 8 heteroatoms. The van der Waals surface area contributed by atoms with E-state index in [1.54, 1.807) is 48.5 Å². The van der Waals surface area contributed by atoms with Gasteiger partial charge in [-0.3, -0.25) is 0 Å². The molecule has 0 atom stereocenters. The number of oxime groups is 1. The molecule has 0 radical (unpaired) electrons. The maximum absolute atomic E-state index is 12.2. The third kappa shape index (κ3) is 5.69. The van der Waals surface area contributed by atoms with Gasteiger partial charge in [-0.05, 0) is 12.1 Å². The molecular weight excluding hydrogens is 388 g/mol. The molecule has 0 heterocycles. The van der Waals surface area contributed by atoms with Crippen molar-refractivity contribution in [3.05, 3.63) is 71.5 Å². The summed E-state index contributed by atoms with van der Waals surface area (Å²) >= 11 is 0. The van der Waals surface area contributed by atoms with E-state index in [1.165, 1.54) is 27.4 Å². The van der Waals surface area contributed by atoms with Crippen LogP contribution in [-0.2, 0) is 23.9 Å². The van der Waals surface area contributed by atoms with E-state index >= 15 is 0 Å². The summed E-state index contributed by atoms with van der Waals surface area (Å²) in [6.45, 7) is 1.08. The van der Waals surface area contributed by atoms with E-state index in [0.29, 0.717) is 22.4 Å². The van der Waals surface area contributed by atoms with Gasteiger partial charge in [0.25, 0.3) is 0 Å². The van der Waals surface area contributed by atoms with Crippen molar-refractivity contribution < 1.29 is 28.6 Å². The van der Waals surface area contributed by atoms with E-state index in [4.69, 9.17) is 19.0 Å². The summed E-state index contributed by atoms with van der Waals surface area (Å²) < 4.78 is 15.6. The predicted molar refractivity (Wildman–Crippen MR) is 108 cm³/mol. The van der Waals surface area contributed by atoms with Crippen LogP contribution in [0.1, 0.15) is 23.6 Å². The first-order chi connectivity index (χ1) is 14.5. The molecule has 154 valence electrons. The Morgan fingerprint density at radius 2 is 1.73 bits per heavy atom. The summed E-state index contributed by atoms with van der Waals surface area (Å²) in [4.78, 5) is 28.4. The van der Waals surface area contributed by atoms with Crippen LogP contribution in [0.2, 0.25) is 0 Å². The van der Waals surface area contributed by atoms with Crippen LogP contribution < -0.4 is 4.74 Å². The molecule has 0 aromatic heterocycles. The standard InChI is InChI=1S/C22H20N2O6/c1-15(25)30-24-20(14-29-21-11-7-4-8-16(21)12-23)18-10-6-5-9-17(18)19(13-27-2)22(26)28-3/h4-11,13H,14H2,1-3H3/b19-13+,24-20?. The lowest BCUT2D eigenvalue weighted by molar-refractivity contribution is -0.141. The number of carbonyl (C=O) groups is 2. The smallest absolute Gasteiger partial charge is 0.341 e. The zero-order valence-corrected chi connectivity index (χ0v) is 16.7. The molecule has 0 saturated heterocycles. The van der Waals surface area contributed by atoms with Crippen LogP contribution in [0.5, 0.6) is 5.75 Å². The Morgan fingerprint density at radius 1 is 1.07 bits per heavy atom. The Kier molecular flexibility index (Phi) is 8.15. The molecular formula is C22H20N2O6. The van der Waals surface area contributed by atoms with Gasteiger partial charge in [0.1, 0.15) is 29.7 Å². The molecule has 2 aromatic carbocycles. The van der Waals surface area contributed by atoms with E-state index in [1.807, 2.05) is 6.07 Å². The topological polar surface area (TPSA) is 107 Å². The van der Waals surface area contributed by atoms with Gasteiger partial charge in [0, 0.05) is 18.1 Å². The number of esters is 1. The second-order valence-corrected chi connectivity index (χ2v) is 5.82. The molecule has 0 amide bonds. The van der Waals surface area contributed by atoms with Crippen molar-refractivity contribution in [2.45, 2.75) is 6.92 Å². The van der Waals surface area contributed by atoms with Crippen molar-refractivity contribution in [2.24, 2.45) is 5.16 Å². The fourth-order valence-corrected chi connectivity index (χ4v) is 2.52. The second kappa shape index (κ2) is 11.0. The number of carbonyl (C=O) groups excluding carboxylic acids is 2. The Labute approximate surface area is 173 Å². The van der Waals surface area contributed by atoms with Crippen LogP contribution in [0.3, 0.4) is 0 Å². The Bertz CT molecular complexity index is 1020. The molecule has 0 N–H and O–H groups in total. The largest absolute Gasteiger partial charge is 0.503 e. The SMILES string of the molecule is CO/C=C(/C(=O)OC)c1ccccc1C(COc1ccccc1C#N)=NOC(C)=O. The van der Waals surface area contributed by atoms with Crippen LogP contribution in [0.4, 0.5) is 0 Å². The molecule has 0 aliphatic carbocycles. The summed E-state index contributed by atoms with van der Waals surface area (Å²) in [6.07, 6.45) is 1.25. The molecule has 0 saturated carbocycles. The van der Waals surface area contributed by atoms with Gasteiger partial charge in [0.2, 0.25) is 0 Å². The molecule has 0 fully saturated rings. The van der Waals surface area contributed by atoms with Gasteiger partial charge >= 0.3 is 11.9 Å². The Balaban J connectivity index is 2.49. The summed E-state index contributed by atoms with van der Waals surface area (Å²) in [5.74, 6) is -0.899. The quantitative estimate of drug-likeness (QED) is 0.165. The molecule has 2 aromatic rings. The average Bonchev–Trinajstić information content (AvgIpc) is 2.77. The molecule has 8 nitrogen and oxygen atoms in total. The van der Waals surface area contributed by atoms with Crippen LogP contribution in [0.25, 0.3) is 5.57 Å². The number of rotatable bonds is 8. The predicted octanol–water partition coefficient (Wildman–Crippen LogP) is 3.06. The van der Waals surface area contributed by atoms with Crippen molar-refractivity contribution in [1.29, 1.82) is 5.26 Å². The highest BCUT2D eigenvalue weighted by Crippen LogP contribution is 2.23. The van der Waals surface area contributed by atoms with Crippen LogP contribution in [-0.4, -0.2) is 38.5 Å². The van der Waals surface area contributed by atoms with Crippen LogP contribution in [0.15, 0.2) is 59.9 Å². The number of benzene rings is 2. The zero-order chi connectivity index (χ0) is 21.9. The molecule has 0 unspecified atom stereocenters. The summed E-state index contributed by atoms with van der Waals surface area (Å²) in [5.41, 5.74) is 1.60. The van der Waals surface area contributed by atoms with E-state index < -0.39 is 11.9 Å². The normalized spacial score (nSPS) is 11.3. The first-order valence-electron chi connectivity index (χ1n) is 8.79. The first kappa shape index (κ1) is 22.2. The molecule has 0 spiro atoms. The molecule has 2 rings (SSSR count). The summed E-state index contributed by atoms with van der Waals surface area (Å²) in [5, 5.41) is 13.1. The highest BCUT2D eigenvalue weighted by molar-refractivity contribution is 6.20. The minimum absolute atomic E-state index is 0.135. The van der Waals surface area contributed by atoms with E-state index in [2.05, 4.69) is 5.16 Å². The Morgan fingerprint density at radius 3 is 2.37 bits per heavy atom. The third-order valence-corrected chi connectivity index (χ3v) is 3.83. The lowest BCUT2D eigenvalue weighted by atomic mass is 9.97. The van der Waals surface area contributed by atoms with Crippen molar-refractivity contribution >= 4 is 23.2 Å². The zero-order valence-electron chi connectivity index (χ0n) is 16.7. The molecule has 30 heavy (non-hydrogen) atoms. The highest BCUT2D eigenvalue weighted by Gasteiger charge is 2.20. The lowest BCUT2D eigenvalue weighted by Crippen LogP contribution is -2.18. The van der Waals surface area contributed by atoms with Gasteiger partial charge in [-0.25, -0.2) is 9.59 Å². The fraction of sp³-hybridized carbons (Fsp3) is 0.182. The summed E-state index contributed by atoms with van der Waals surface area (Å²) in [7, 11) is 2.66. The highest BCUT2D eigenvalue weighted by atomic mass is 16.7. The lowest BCUT2D eigenvalue weighted by Gasteiger charge is -2.14. The van der Waals surface area contributed by atoms with Gasteiger partial charge in [-0.2, -0.15) is 5.26 Å². The van der Waals surface area contributed by atoms with Crippen molar-refractivity contribution in [3.63, 3.8) is 0 Å².